The number of halogens is 2. The molecule has 0 heterocycles. The van der Waals surface area contributed by atoms with Gasteiger partial charge in [0.2, 0.25) is 0 Å². The zero-order chi connectivity index (χ0) is 10.4. The van der Waals surface area contributed by atoms with E-state index in [4.69, 9.17) is 33.1 Å². The Labute approximate surface area is 114 Å². The van der Waals surface area contributed by atoms with Gasteiger partial charge in [0, 0.05) is 17.0 Å². The molecule has 1 rings (SSSR count). The Kier molecular flexibility index (Phi) is 9.88. The number of hydrogen-bond donors (Lipinski definition) is 1. The van der Waals surface area contributed by atoms with Crippen molar-refractivity contribution in [3.8, 4) is 5.75 Å². The molecule has 1 aromatic rings. The van der Waals surface area contributed by atoms with Crippen LogP contribution in [0.4, 0.5) is 0 Å². The average Bonchev–Trinajstić information content (AvgIpc) is 1.96. The van der Waals surface area contributed by atoms with E-state index >= 15 is 0 Å². The summed E-state index contributed by atoms with van der Waals surface area (Å²) < 4.78 is 0. The van der Waals surface area contributed by atoms with Crippen molar-refractivity contribution in [3.63, 3.8) is 0 Å². The molecule has 72 valence electrons. The number of rotatable bonds is 0. The summed E-state index contributed by atoms with van der Waals surface area (Å²) in [7, 11) is 0. The number of carboxylic acid groups (broad SMARTS) is 1. The van der Waals surface area contributed by atoms with Crippen LogP contribution in [0.5, 0.6) is 5.75 Å². The van der Waals surface area contributed by atoms with Gasteiger partial charge in [0.1, 0.15) is 0 Å². The summed E-state index contributed by atoms with van der Waals surface area (Å²) >= 11 is 10.9. The Morgan fingerprint density at radius 3 is 2.14 bits per heavy atom. The van der Waals surface area contributed by atoms with Gasteiger partial charge in [-0.15, -0.1) is 0 Å². The van der Waals surface area contributed by atoms with Gasteiger partial charge in [0.15, 0.2) is 0 Å². The summed E-state index contributed by atoms with van der Waals surface area (Å²) in [5, 5.41) is 18.7. The number of carbonyl (C=O) groups is 1. The van der Waals surface area contributed by atoms with E-state index < -0.39 is 5.97 Å². The van der Waals surface area contributed by atoms with Crippen molar-refractivity contribution >= 4 is 29.2 Å². The summed E-state index contributed by atoms with van der Waals surface area (Å²) in [6.45, 7) is 1.08. The van der Waals surface area contributed by atoms with Crippen molar-refractivity contribution in [3.05, 3.63) is 28.2 Å². The third-order valence-corrected chi connectivity index (χ3v) is 1.42. The smallest absolute Gasteiger partial charge is 0.871 e. The quantitative estimate of drug-likeness (QED) is 0.606. The maximum Gasteiger partial charge on any atom is 1.00 e. The second kappa shape index (κ2) is 8.38. The van der Waals surface area contributed by atoms with Gasteiger partial charge in [-0.1, -0.05) is 35.0 Å². The van der Waals surface area contributed by atoms with Crippen LogP contribution in [0.2, 0.25) is 10.0 Å². The van der Waals surface area contributed by atoms with Crippen LogP contribution in [0, 0.1) is 0 Å². The van der Waals surface area contributed by atoms with E-state index in [1.165, 1.54) is 18.2 Å². The van der Waals surface area contributed by atoms with E-state index in [0.717, 1.165) is 6.92 Å². The fourth-order valence-electron chi connectivity index (χ4n) is 0.475. The molecule has 0 atom stereocenters. The van der Waals surface area contributed by atoms with Gasteiger partial charge in [-0.05, 0) is 12.1 Å². The normalized spacial score (nSPS) is 7.93. The molecule has 0 saturated carbocycles. The number of benzene rings is 1. The topological polar surface area (TPSA) is 60.4 Å². The third kappa shape index (κ3) is 8.66. The van der Waals surface area contributed by atoms with E-state index in [1.54, 1.807) is 0 Å². The first-order valence-electron chi connectivity index (χ1n) is 3.25. The fraction of sp³-hybridized carbons (Fsp3) is 0.125. The molecule has 6 heteroatoms. The molecule has 0 aliphatic heterocycles. The maximum absolute atomic E-state index is 10.6. The zero-order valence-electron chi connectivity index (χ0n) is 7.75. The molecule has 3 nitrogen and oxygen atoms in total. The number of aliphatic carboxylic acids is 1. The molecule has 0 radical (unpaired) electrons. The van der Waals surface area contributed by atoms with Crippen LogP contribution < -0.4 is 34.7 Å². The molecule has 0 spiro atoms. The summed E-state index contributed by atoms with van der Waals surface area (Å²) in [4.78, 5) is 9.00. The van der Waals surface area contributed by atoms with Gasteiger partial charge in [-0.25, -0.2) is 0 Å². The minimum absolute atomic E-state index is 0. The van der Waals surface area contributed by atoms with Crippen LogP contribution in [0.25, 0.3) is 0 Å². The molecule has 0 aliphatic rings. The van der Waals surface area contributed by atoms with E-state index in [1.807, 2.05) is 0 Å². The first kappa shape index (κ1) is 16.5. The molecule has 1 N–H and O–H groups in total. The molecular formula is C8H7Cl2NaO3. The van der Waals surface area contributed by atoms with Crippen molar-refractivity contribution in [1.82, 2.24) is 0 Å². The molecule has 0 aliphatic carbocycles. The maximum atomic E-state index is 10.6. The van der Waals surface area contributed by atoms with Gasteiger partial charge in [-0.3, -0.25) is 4.79 Å². The predicted octanol–water partition coefficient (Wildman–Crippen LogP) is -0.838. The van der Waals surface area contributed by atoms with Crippen molar-refractivity contribution < 1.29 is 44.6 Å². The zero-order valence-corrected chi connectivity index (χ0v) is 11.3. The van der Waals surface area contributed by atoms with Crippen LogP contribution in [-0.4, -0.2) is 11.1 Å². The summed E-state index contributed by atoms with van der Waals surface area (Å²) in [5.41, 5.74) is 0. The van der Waals surface area contributed by atoms with Crippen molar-refractivity contribution in [2.45, 2.75) is 6.92 Å². The Bertz CT molecular complexity index is 301. The van der Waals surface area contributed by atoms with Crippen molar-refractivity contribution in [2.75, 3.05) is 0 Å². The minimum atomic E-state index is -0.833. The molecule has 14 heavy (non-hydrogen) atoms. The van der Waals surface area contributed by atoms with E-state index in [2.05, 4.69) is 0 Å². The third-order valence-electron chi connectivity index (χ3n) is 0.894. The van der Waals surface area contributed by atoms with E-state index in [0.29, 0.717) is 5.02 Å². The first-order valence-corrected chi connectivity index (χ1v) is 4.00. The minimum Gasteiger partial charge on any atom is -0.871 e. The molecule has 0 bridgehead atoms. The Morgan fingerprint density at radius 2 is 1.86 bits per heavy atom. The molecule has 0 saturated heterocycles. The van der Waals surface area contributed by atoms with Gasteiger partial charge < -0.3 is 10.2 Å². The van der Waals surface area contributed by atoms with Gasteiger partial charge in [0.05, 0.1) is 0 Å². The second-order valence-corrected chi connectivity index (χ2v) is 2.94. The van der Waals surface area contributed by atoms with Gasteiger partial charge in [-0.2, -0.15) is 0 Å². The predicted molar refractivity (Wildman–Crippen MR) is 49.2 cm³/mol. The van der Waals surface area contributed by atoms with Crippen LogP contribution in [0.1, 0.15) is 6.92 Å². The summed E-state index contributed by atoms with van der Waals surface area (Å²) in [6, 6.07) is 4.27. The number of carboxylic acids is 1. The van der Waals surface area contributed by atoms with E-state index in [9.17, 15) is 5.11 Å². The molecular weight excluding hydrogens is 238 g/mol. The summed E-state index contributed by atoms with van der Waals surface area (Å²) in [5.74, 6) is -1.03. The van der Waals surface area contributed by atoms with E-state index in [-0.39, 0.29) is 40.3 Å². The fourth-order valence-corrected chi connectivity index (χ4v) is 0.884. The largest absolute Gasteiger partial charge is 1.00 e. The second-order valence-electron chi connectivity index (χ2n) is 2.09. The Hall–Kier alpha value is 0.0700. The molecule has 1 aromatic carbocycles. The summed E-state index contributed by atoms with van der Waals surface area (Å²) in [6.07, 6.45) is 0. The molecule has 0 fully saturated rings. The molecule has 0 aromatic heterocycles. The van der Waals surface area contributed by atoms with Gasteiger partial charge >= 0.3 is 29.6 Å². The van der Waals surface area contributed by atoms with Crippen molar-refractivity contribution in [1.29, 1.82) is 0 Å². The molecule has 0 amide bonds. The average molecular weight is 245 g/mol. The molecule has 0 unspecified atom stereocenters. The standard InChI is InChI=1S/C6H4Cl2O.C2H4O2.Na/c7-4-1-2-6(9)5(8)3-4;1-2(3)4;/h1-3,9H;1H3,(H,3,4);/q;;+1/p-1. The Balaban J connectivity index is 0. The van der Waals surface area contributed by atoms with Gasteiger partial charge in [0.25, 0.3) is 5.97 Å². The first-order chi connectivity index (χ1) is 5.93. The SMILES string of the molecule is CC(=O)O.[Na+].[O-]c1ccc(Cl)cc1Cl. The van der Waals surface area contributed by atoms with Crippen LogP contribution in [0.15, 0.2) is 18.2 Å². The van der Waals surface area contributed by atoms with Crippen molar-refractivity contribution in [2.24, 2.45) is 0 Å². The monoisotopic (exact) mass is 244 g/mol. The Morgan fingerprint density at radius 1 is 1.43 bits per heavy atom. The van der Waals surface area contributed by atoms with Crippen LogP contribution in [-0.2, 0) is 4.79 Å². The van der Waals surface area contributed by atoms with Crippen LogP contribution >= 0.6 is 23.2 Å². The van der Waals surface area contributed by atoms with Crippen LogP contribution in [0.3, 0.4) is 0 Å². The number of hydrogen-bond acceptors (Lipinski definition) is 2.